The number of halogens is 3. The Hall–Kier alpha value is -2.80. The molecule has 0 aliphatic rings. The molecule has 0 saturated carbocycles. The topological polar surface area (TPSA) is 63.3 Å². The number of aromatic nitrogens is 1. The predicted octanol–water partition coefficient (Wildman–Crippen LogP) is 4.40. The van der Waals surface area contributed by atoms with Crippen LogP contribution in [0.2, 0.25) is 5.02 Å². The first-order chi connectivity index (χ1) is 13.0. The maximum atomic E-state index is 12.5. The molecule has 1 heterocycles. The normalized spacial score (nSPS) is 11.0. The molecule has 2 N–H and O–H groups in total. The number of methoxy groups -OCH3 is 1. The predicted molar refractivity (Wildman–Crippen MR) is 99.0 cm³/mol. The molecule has 0 bridgehead atoms. The van der Waals surface area contributed by atoms with Gasteiger partial charge in [-0.15, -0.1) is 0 Å². The van der Waals surface area contributed by atoms with E-state index >= 15 is 0 Å². The van der Waals surface area contributed by atoms with Gasteiger partial charge in [-0.3, -0.25) is 4.79 Å². The van der Waals surface area contributed by atoms with Crippen LogP contribution in [0.3, 0.4) is 0 Å². The Morgan fingerprint density at radius 3 is 2.74 bits per heavy atom. The zero-order valence-electron chi connectivity index (χ0n) is 14.4. The van der Waals surface area contributed by atoms with Crippen molar-refractivity contribution in [3.8, 4) is 11.5 Å². The highest BCUT2D eigenvalue weighted by Crippen LogP contribution is 2.29. The van der Waals surface area contributed by atoms with Gasteiger partial charge in [0.15, 0.2) is 11.5 Å². The zero-order valence-corrected chi connectivity index (χ0v) is 15.1. The number of aromatic amines is 1. The maximum Gasteiger partial charge on any atom is 0.387 e. The molecule has 0 spiro atoms. The van der Waals surface area contributed by atoms with E-state index < -0.39 is 6.61 Å². The number of hydrogen-bond donors (Lipinski definition) is 2. The standard InChI is InChI=1S/C19H17ClF2N2O3/c1-26-16-5-2-11(8-17(16)27-19(21)22)6-7-23-18(25)15-9-12-3-4-13(20)10-14(12)24-15/h2-5,8-10,19,24H,6-7H2,1H3,(H,23,25). The lowest BCUT2D eigenvalue weighted by molar-refractivity contribution is -0.0512. The van der Waals surface area contributed by atoms with Gasteiger partial charge < -0.3 is 19.8 Å². The molecule has 1 aromatic heterocycles. The fraction of sp³-hybridized carbons (Fsp3) is 0.211. The van der Waals surface area contributed by atoms with E-state index in [0.29, 0.717) is 23.7 Å². The van der Waals surface area contributed by atoms with Gasteiger partial charge in [0.05, 0.1) is 7.11 Å². The minimum Gasteiger partial charge on any atom is -0.493 e. The van der Waals surface area contributed by atoms with E-state index in [-0.39, 0.29) is 17.4 Å². The van der Waals surface area contributed by atoms with E-state index in [0.717, 1.165) is 16.5 Å². The molecular formula is C19H17ClF2N2O3. The van der Waals surface area contributed by atoms with Crippen molar-refractivity contribution in [2.24, 2.45) is 0 Å². The molecule has 142 valence electrons. The average Bonchev–Trinajstić information content (AvgIpc) is 3.04. The van der Waals surface area contributed by atoms with Crippen molar-refractivity contribution in [3.63, 3.8) is 0 Å². The van der Waals surface area contributed by atoms with Gasteiger partial charge in [0, 0.05) is 22.5 Å². The van der Waals surface area contributed by atoms with Crippen molar-refractivity contribution in [1.29, 1.82) is 0 Å². The molecule has 0 unspecified atom stereocenters. The van der Waals surface area contributed by atoms with Crippen molar-refractivity contribution in [1.82, 2.24) is 10.3 Å². The Labute approximate surface area is 159 Å². The number of hydrogen-bond acceptors (Lipinski definition) is 3. The molecule has 8 heteroatoms. The van der Waals surface area contributed by atoms with Crippen LogP contribution in [-0.4, -0.2) is 31.2 Å². The molecular weight excluding hydrogens is 378 g/mol. The van der Waals surface area contributed by atoms with Gasteiger partial charge in [0.25, 0.3) is 5.91 Å². The van der Waals surface area contributed by atoms with Crippen molar-refractivity contribution in [2.45, 2.75) is 13.0 Å². The highest BCUT2D eigenvalue weighted by atomic mass is 35.5. The van der Waals surface area contributed by atoms with Gasteiger partial charge in [-0.2, -0.15) is 8.78 Å². The number of fused-ring (bicyclic) bond motifs is 1. The van der Waals surface area contributed by atoms with E-state index in [9.17, 15) is 13.6 Å². The number of amides is 1. The van der Waals surface area contributed by atoms with Crippen LogP contribution >= 0.6 is 11.6 Å². The van der Waals surface area contributed by atoms with Crippen molar-refractivity contribution >= 4 is 28.4 Å². The first-order valence-corrected chi connectivity index (χ1v) is 8.52. The second-order valence-corrected chi connectivity index (χ2v) is 6.22. The van der Waals surface area contributed by atoms with Crippen LogP contribution in [0.25, 0.3) is 10.9 Å². The van der Waals surface area contributed by atoms with E-state index in [4.69, 9.17) is 16.3 Å². The molecule has 27 heavy (non-hydrogen) atoms. The number of rotatable bonds is 7. The summed E-state index contributed by atoms with van der Waals surface area (Å²) in [6, 6.07) is 11.8. The highest BCUT2D eigenvalue weighted by Gasteiger charge is 2.12. The SMILES string of the molecule is COc1ccc(CCNC(=O)c2cc3ccc(Cl)cc3[nH]2)cc1OC(F)F. The molecule has 0 radical (unpaired) electrons. The first-order valence-electron chi connectivity index (χ1n) is 8.14. The lowest BCUT2D eigenvalue weighted by Gasteiger charge is -2.11. The monoisotopic (exact) mass is 394 g/mol. The van der Waals surface area contributed by atoms with Crippen LogP contribution < -0.4 is 14.8 Å². The highest BCUT2D eigenvalue weighted by molar-refractivity contribution is 6.31. The fourth-order valence-electron chi connectivity index (χ4n) is 2.70. The number of benzene rings is 2. The minimum absolute atomic E-state index is 0.0381. The summed E-state index contributed by atoms with van der Waals surface area (Å²) in [5.74, 6) is -0.0801. The number of H-pyrrole nitrogens is 1. The summed E-state index contributed by atoms with van der Waals surface area (Å²) >= 11 is 5.94. The smallest absolute Gasteiger partial charge is 0.387 e. The molecule has 0 fully saturated rings. The van der Waals surface area contributed by atoms with Crippen LogP contribution in [0.15, 0.2) is 42.5 Å². The maximum absolute atomic E-state index is 12.5. The zero-order chi connectivity index (χ0) is 19.4. The molecule has 0 saturated heterocycles. The average molecular weight is 395 g/mol. The summed E-state index contributed by atoms with van der Waals surface area (Å²) in [6.07, 6.45) is 0.446. The summed E-state index contributed by atoms with van der Waals surface area (Å²) in [7, 11) is 1.38. The third kappa shape index (κ3) is 4.68. The third-order valence-electron chi connectivity index (χ3n) is 3.97. The quantitative estimate of drug-likeness (QED) is 0.624. The van der Waals surface area contributed by atoms with Crippen LogP contribution in [0.1, 0.15) is 16.1 Å². The number of alkyl halides is 2. The minimum atomic E-state index is -2.94. The van der Waals surface area contributed by atoms with E-state index in [1.165, 1.54) is 13.2 Å². The number of nitrogens with one attached hydrogen (secondary N) is 2. The number of carbonyl (C=O) groups is 1. The molecule has 0 atom stereocenters. The second kappa shape index (κ2) is 8.26. The Balaban J connectivity index is 1.62. The number of carbonyl (C=O) groups excluding carboxylic acids is 1. The summed E-state index contributed by atoms with van der Waals surface area (Å²) in [5, 5.41) is 4.25. The van der Waals surface area contributed by atoms with Gasteiger partial charge in [-0.1, -0.05) is 23.7 Å². The van der Waals surface area contributed by atoms with Gasteiger partial charge in [-0.05, 0) is 42.3 Å². The Morgan fingerprint density at radius 1 is 1.19 bits per heavy atom. The van der Waals surface area contributed by atoms with Gasteiger partial charge >= 0.3 is 6.61 Å². The van der Waals surface area contributed by atoms with Crippen molar-refractivity contribution in [2.75, 3.05) is 13.7 Å². The van der Waals surface area contributed by atoms with Crippen molar-refractivity contribution < 1.29 is 23.0 Å². The molecule has 2 aromatic carbocycles. The largest absolute Gasteiger partial charge is 0.493 e. The molecule has 0 aliphatic heterocycles. The first kappa shape index (κ1) is 19.0. The van der Waals surface area contributed by atoms with Gasteiger partial charge in [0.2, 0.25) is 0 Å². The summed E-state index contributed by atoms with van der Waals surface area (Å²) in [5.41, 5.74) is 1.93. The lowest BCUT2D eigenvalue weighted by Crippen LogP contribution is -2.25. The van der Waals surface area contributed by atoms with Crippen LogP contribution in [0, 0.1) is 0 Å². The molecule has 5 nitrogen and oxygen atoms in total. The van der Waals surface area contributed by atoms with Gasteiger partial charge in [0.1, 0.15) is 5.69 Å². The van der Waals surface area contributed by atoms with E-state index in [1.807, 2.05) is 6.07 Å². The third-order valence-corrected chi connectivity index (χ3v) is 4.21. The van der Waals surface area contributed by atoms with Crippen LogP contribution in [0.5, 0.6) is 11.5 Å². The molecule has 3 aromatic rings. The molecule has 1 amide bonds. The van der Waals surface area contributed by atoms with E-state index in [2.05, 4.69) is 15.0 Å². The van der Waals surface area contributed by atoms with Gasteiger partial charge in [-0.25, -0.2) is 0 Å². The van der Waals surface area contributed by atoms with Crippen molar-refractivity contribution in [3.05, 3.63) is 58.7 Å². The molecule has 3 rings (SSSR count). The second-order valence-electron chi connectivity index (χ2n) is 5.78. The fourth-order valence-corrected chi connectivity index (χ4v) is 2.87. The Bertz CT molecular complexity index is 959. The number of ether oxygens (including phenoxy) is 2. The lowest BCUT2D eigenvalue weighted by atomic mass is 10.1. The summed E-state index contributed by atoms with van der Waals surface area (Å²) < 4.78 is 34.4. The van der Waals surface area contributed by atoms with Crippen LogP contribution in [-0.2, 0) is 6.42 Å². The Kier molecular flexibility index (Phi) is 5.81. The summed E-state index contributed by atoms with van der Waals surface area (Å²) in [6.45, 7) is -2.61. The van der Waals surface area contributed by atoms with E-state index in [1.54, 1.807) is 30.3 Å². The Morgan fingerprint density at radius 2 is 2.00 bits per heavy atom. The summed E-state index contributed by atoms with van der Waals surface area (Å²) in [4.78, 5) is 15.3. The van der Waals surface area contributed by atoms with Crippen LogP contribution in [0.4, 0.5) is 8.78 Å². The molecule has 0 aliphatic carbocycles.